The summed E-state index contributed by atoms with van der Waals surface area (Å²) in [6.45, 7) is 12.3. The molecule has 0 saturated heterocycles. The zero-order chi connectivity index (χ0) is 14.4. The first-order valence-electron chi connectivity index (χ1n) is 8.31. The third-order valence-electron chi connectivity index (χ3n) is 5.32. The van der Waals surface area contributed by atoms with Crippen molar-refractivity contribution >= 4 is 6.08 Å². The third-order valence-corrected chi connectivity index (χ3v) is 5.32. The second-order valence-electron chi connectivity index (χ2n) is 6.25. The van der Waals surface area contributed by atoms with E-state index < -0.39 is 0 Å². The molecule has 0 N–H and O–H groups in total. The number of rotatable bonds is 6. The predicted molar refractivity (Wildman–Crippen MR) is 88.5 cm³/mol. The highest BCUT2D eigenvalue weighted by Crippen LogP contribution is 2.30. The van der Waals surface area contributed by atoms with Gasteiger partial charge in [0.25, 0.3) is 0 Å². The minimum atomic E-state index is 0.873. The van der Waals surface area contributed by atoms with Gasteiger partial charge in [0.05, 0.1) is 19.1 Å². The lowest BCUT2D eigenvalue weighted by Gasteiger charge is -2.45. The second kappa shape index (κ2) is 7.08. The average Bonchev–Trinajstić information content (AvgIpc) is 2.54. The molecule has 0 aliphatic heterocycles. The summed E-state index contributed by atoms with van der Waals surface area (Å²) in [4.78, 5) is 0. The van der Waals surface area contributed by atoms with E-state index in [0.29, 0.717) is 0 Å². The largest absolute Gasteiger partial charge is 0.318 e. The maximum Gasteiger partial charge on any atom is 0.105 e. The Kier molecular flexibility index (Phi) is 5.42. The van der Waals surface area contributed by atoms with E-state index in [1.165, 1.54) is 67.3 Å². The molecule has 1 aliphatic rings. The van der Waals surface area contributed by atoms with Crippen molar-refractivity contribution in [2.75, 3.05) is 13.1 Å². The third kappa shape index (κ3) is 3.32. The number of nitrogens with zero attached hydrogens (tertiary/aromatic N) is 1. The fraction of sp³-hybridized carbons (Fsp3) is 0.579. The van der Waals surface area contributed by atoms with Crippen LogP contribution < -0.4 is 0 Å². The second-order valence-corrected chi connectivity index (χ2v) is 6.25. The maximum atomic E-state index is 3.84. The predicted octanol–water partition coefficient (Wildman–Crippen LogP) is 5.02. The molecule has 1 aromatic rings. The molecule has 0 atom stereocenters. The van der Waals surface area contributed by atoms with Gasteiger partial charge in [0, 0.05) is 5.56 Å². The molecule has 0 unspecified atom stereocenters. The van der Waals surface area contributed by atoms with Crippen molar-refractivity contribution in [1.82, 2.24) is 0 Å². The van der Waals surface area contributed by atoms with Crippen LogP contribution in [0.1, 0.15) is 57.1 Å². The molecule has 0 radical (unpaired) electrons. The molecule has 110 valence electrons. The molecular formula is C19H30N+. The topological polar surface area (TPSA) is 0 Å². The van der Waals surface area contributed by atoms with Crippen LogP contribution in [0.3, 0.4) is 0 Å². The molecule has 1 nitrogen and oxygen atoms in total. The summed E-state index contributed by atoms with van der Waals surface area (Å²) >= 11 is 0. The normalized spacial score (nSPS) is 17.1. The van der Waals surface area contributed by atoms with Crippen molar-refractivity contribution in [1.29, 1.82) is 0 Å². The number of hydrogen-bond donors (Lipinski definition) is 0. The van der Waals surface area contributed by atoms with Crippen molar-refractivity contribution < 1.29 is 4.48 Å². The fourth-order valence-corrected chi connectivity index (χ4v) is 3.84. The number of benzene rings is 1. The summed E-state index contributed by atoms with van der Waals surface area (Å²) in [6.07, 6.45) is 9.07. The molecule has 20 heavy (non-hydrogen) atoms. The van der Waals surface area contributed by atoms with E-state index >= 15 is 0 Å². The standard InChI is InChI=1S/C19H30N/c1-4-17-12-14-18(15-13-17)16-20(5-2,6-3)19-10-8-7-9-11-19/h4,12-15,19H,1,5-11,16H2,2-3H3/q+1. The van der Waals surface area contributed by atoms with Gasteiger partial charge in [-0.05, 0) is 45.1 Å². The first kappa shape index (κ1) is 15.3. The van der Waals surface area contributed by atoms with Gasteiger partial charge >= 0.3 is 0 Å². The molecule has 0 bridgehead atoms. The van der Waals surface area contributed by atoms with E-state index in [0.717, 1.165) is 6.04 Å². The van der Waals surface area contributed by atoms with Gasteiger partial charge in [-0.25, -0.2) is 0 Å². The van der Waals surface area contributed by atoms with Gasteiger partial charge in [-0.2, -0.15) is 0 Å². The van der Waals surface area contributed by atoms with E-state index in [1.54, 1.807) is 0 Å². The highest BCUT2D eigenvalue weighted by Gasteiger charge is 2.34. The van der Waals surface area contributed by atoms with Crippen LogP contribution in [0.15, 0.2) is 30.8 Å². The quantitative estimate of drug-likeness (QED) is 0.638. The molecule has 1 heteroatoms. The van der Waals surface area contributed by atoms with E-state index in [9.17, 15) is 0 Å². The van der Waals surface area contributed by atoms with Gasteiger partial charge in [0.15, 0.2) is 0 Å². The van der Waals surface area contributed by atoms with Crippen LogP contribution in [0.25, 0.3) is 6.08 Å². The van der Waals surface area contributed by atoms with E-state index in [-0.39, 0.29) is 0 Å². The van der Waals surface area contributed by atoms with Gasteiger partial charge in [-0.1, -0.05) is 43.3 Å². The lowest BCUT2D eigenvalue weighted by molar-refractivity contribution is -0.961. The Morgan fingerprint density at radius 2 is 1.65 bits per heavy atom. The van der Waals surface area contributed by atoms with Crippen molar-refractivity contribution in [3.63, 3.8) is 0 Å². The highest BCUT2D eigenvalue weighted by molar-refractivity contribution is 5.47. The first-order valence-corrected chi connectivity index (χ1v) is 8.31. The number of hydrogen-bond acceptors (Lipinski definition) is 0. The van der Waals surface area contributed by atoms with Crippen LogP contribution in [0.5, 0.6) is 0 Å². The molecule has 2 rings (SSSR count). The van der Waals surface area contributed by atoms with Gasteiger partial charge in [-0.3, -0.25) is 0 Å². The number of quaternary nitrogens is 1. The molecule has 1 aromatic carbocycles. The van der Waals surface area contributed by atoms with Crippen molar-refractivity contribution in [2.45, 2.75) is 58.5 Å². The SMILES string of the molecule is C=Cc1ccc(C[N+](CC)(CC)C2CCCCC2)cc1. The van der Waals surface area contributed by atoms with Gasteiger partial charge in [-0.15, -0.1) is 0 Å². The van der Waals surface area contributed by atoms with Gasteiger partial charge in [0.1, 0.15) is 6.54 Å². The van der Waals surface area contributed by atoms with Crippen LogP contribution in [0, 0.1) is 0 Å². The summed E-state index contributed by atoms with van der Waals surface area (Å²) in [5, 5.41) is 0. The Morgan fingerprint density at radius 3 is 2.15 bits per heavy atom. The fourth-order valence-electron chi connectivity index (χ4n) is 3.84. The van der Waals surface area contributed by atoms with Crippen LogP contribution >= 0.6 is 0 Å². The molecule has 1 saturated carbocycles. The van der Waals surface area contributed by atoms with Crippen LogP contribution in [-0.4, -0.2) is 23.6 Å². The summed E-state index contributed by atoms with van der Waals surface area (Å²) in [7, 11) is 0. The van der Waals surface area contributed by atoms with E-state index in [2.05, 4.69) is 44.7 Å². The molecule has 1 fully saturated rings. The molecule has 0 amide bonds. The Morgan fingerprint density at radius 1 is 1.05 bits per heavy atom. The molecule has 0 spiro atoms. The van der Waals surface area contributed by atoms with Crippen LogP contribution in [0.2, 0.25) is 0 Å². The lowest BCUT2D eigenvalue weighted by Crippen LogP contribution is -2.55. The molecule has 1 aliphatic carbocycles. The Hall–Kier alpha value is -1.08. The van der Waals surface area contributed by atoms with Crippen molar-refractivity contribution in [3.8, 4) is 0 Å². The summed E-state index contributed by atoms with van der Waals surface area (Å²) in [5.74, 6) is 0. The van der Waals surface area contributed by atoms with Gasteiger partial charge < -0.3 is 4.48 Å². The summed E-state index contributed by atoms with van der Waals surface area (Å²) in [6, 6.07) is 9.85. The smallest absolute Gasteiger partial charge is 0.105 e. The summed E-state index contributed by atoms with van der Waals surface area (Å²) in [5.41, 5.74) is 2.70. The lowest BCUT2D eigenvalue weighted by atomic mass is 9.91. The van der Waals surface area contributed by atoms with E-state index in [4.69, 9.17) is 0 Å². The minimum absolute atomic E-state index is 0.873. The average molecular weight is 272 g/mol. The minimum Gasteiger partial charge on any atom is -0.318 e. The van der Waals surface area contributed by atoms with Crippen LogP contribution in [-0.2, 0) is 6.54 Å². The van der Waals surface area contributed by atoms with Crippen molar-refractivity contribution in [3.05, 3.63) is 42.0 Å². The molecule has 0 aromatic heterocycles. The first-order chi connectivity index (χ1) is 9.74. The monoisotopic (exact) mass is 272 g/mol. The highest BCUT2D eigenvalue weighted by atomic mass is 15.4. The zero-order valence-corrected chi connectivity index (χ0v) is 13.3. The molecule has 0 heterocycles. The zero-order valence-electron chi connectivity index (χ0n) is 13.3. The summed E-state index contributed by atoms with van der Waals surface area (Å²) < 4.78 is 1.27. The van der Waals surface area contributed by atoms with E-state index in [1.807, 2.05) is 6.08 Å². The molecular weight excluding hydrogens is 242 g/mol. The van der Waals surface area contributed by atoms with Crippen molar-refractivity contribution in [2.24, 2.45) is 0 Å². The van der Waals surface area contributed by atoms with Gasteiger partial charge in [0.2, 0.25) is 0 Å². The Bertz CT molecular complexity index is 408. The maximum absolute atomic E-state index is 3.84. The van der Waals surface area contributed by atoms with Crippen LogP contribution in [0.4, 0.5) is 0 Å². The Labute approximate surface area is 124 Å². The Balaban J connectivity index is 2.16.